The van der Waals surface area contributed by atoms with Crippen LogP contribution >= 0.6 is 0 Å². The van der Waals surface area contributed by atoms with Gasteiger partial charge in [0.25, 0.3) is 0 Å². The molecule has 1 aliphatic heterocycles. The molecule has 0 aliphatic carbocycles. The summed E-state index contributed by atoms with van der Waals surface area (Å²) in [5, 5.41) is 0. The molecular formula is C22H24FNO5. The van der Waals surface area contributed by atoms with E-state index in [2.05, 4.69) is 4.74 Å². The fourth-order valence-corrected chi connectivity index (χ4v) is 3.40. The van der Waals surface area contributed by atoms with Crippen molar-refractivity contribution in [1.29, 1.82) is 0 Å². The molecule has 6 nitrogen and oxygen atoms in total. The number of hydrogen-bond acceptors (Lipinski definition) is 6. The Morgan fingerprint density at radius 2 is 1.62 bits per heavy atom. The molecular weight excluding hydrogens is 377 g/mol. The van der Waals surface area contributed by atoms with Crippen LogP contribution in [0.5, 0.6) is 5.75 Å². The van der Waals surface area contributed by atoms with E-state index in [-0.39, 0.29) is 23.7 Å². The molecule has 154 valence electrons. The Morgan fingerprint density at radius 3 is 2.24 bits per heavy atom. The first-order chi connectivity index (χ1) is 14.1. The van der Waals surface area contributed by atoms with E-state index >= 15 is 4.39 Å². The van der Waals surface area contributed by atoms with Gasteiger partial charge >= 0.3 is 5.97 Å². The van der Waals surface area contributed by atoms with Crippen molar-refractivity contribution in [3.63, 3.8) is 0 Å². The van der Waals surface area contributed by atoms with E-state index in [0.29, 0.717) is 11.3 Å². The molecule has 1 saturated heterocycles. The third-order valence-corrected chi connectivity index (χ3v) is 4.91. The van der Waals surface area contributed by atoms with Crippen molar-refractivity contribution in [3.8, 4) is 5.75 Å². The Kier molecular flexibility index (Phi) is 6.82. The predicted octanol–water partition coefficient (Wildman–Crippen LogP) is 3.82. The Hall–Kier alpha value is -2.93. The van der Waals surface area contributed by atoms with Crippen LogP contribution in [0.25, 0.3) is 0 Å². The van der Waals surface area contributed by atoms with E-state index < -0.39 is 17.6 Å². The monoisotopic (exact) mass is 401 g/mol. The Labute approximate surface area is 169 Å². The molecule has 0 bridgehead atoms. The predicted molar refractivity (Wildman–Crippen MR) is 106 cm³/mol. The van der Waals surface area contributed by atoms with Crippen molar-refractivity contribution in [3.05, 3.63) is 58.9 Å². The highest BCUT2D eigenvalue weighted by molar-refractivity contribution is 6.11. The van der Waals surface area contributed by atoms with Crippen LogP contribution in [0.2, 0.25) is 0 Å². The van der Waals surface area contributed by atoms with Crippen LogP contribution in [0, 0.1) is 5.82 Å². The van der Waals surface area contributed by atoms with Crippen LogP contribution < -0.4 is 9.64 Å². The first-order valence-electron chi connectivity index (χ1n) is 9.49. The van der Waals surface area contributed by atoms with Gasteiger partial charge in [-0.05, 0) is 43.5 Å². The lowest BCUT2D eigenvalue weighted by atomic mass is 9.99. The maximum absolute atomic E-state index is 15.5. The largest absolute Gasteiger partial charge is 0.467 e. The number of nitrogens with zero attached hydrogens (tertiary/aromatic N) is 1. The third-order valence-electron chi connectivity index (χ3n) is 4.91. The summed E-state index contributed by atoms with van der Waals surface area (Å²) in [5.41, 5.74) is 0.803. The van der Waals surface area contributed by atoms with Crippen LogP contribution in [0.4, 0.5) is 10.1 Å². The quantitative estimate of drug-likeness (QED) is 0.399. The molecule has 29 heavy (non-hydrogen) atoms. The number of methoxy groups -OCH3 is 2. The first kappa shape index (κ1) is 20.8. The molecule has 0 saturated carbocycles. The maximum Gasteiger partial charge on any atom is 0.337 e. The molecule has 1 aliphatic rings. The van der Waals surface area contributed by atoms with Gasteiger partial charge in [0.15, 0.2) is 18.4 Å². The molecule has 7 heteroatoms. The van der Waals surface area contributed by atoms with Crippen molar-refractivity contribution < 1.29 is 28.2 Å². The molecule has 0 aromatic heterocycles. The topological polar surface area (TPSA) is 65.1 Å². The first-order valence-corrected chi connectivity index (χ1v) is 9.49. The average molecular weight is 401 g/mol. The summed E-state index contributed by atoms with van der Waals surface area (Å²) in [6.45, 7) is 1.39. The highest BCUT2D eigenvalue weighted by Crippen LogP contribution is 2.33. The number of piperidine rings is 1. The lowest BCUT2D eigenvalue weighted by Gasteiger charge is -2.30. The second-order valence-electron chi connectivity index (χ2n) is 6.77. The van der Waals surface area contributed by atoms with Gasteiger partial charge < -0.3 is 19.1 Å². The van der Waals surface area contributed by atoms with Crippen LogP contribution in [-0.4, -0.2) is 45.9 Å². The molecule has 1 heterocycles. The number of esters is 1. The lowest BCUT2D eigenvalue weighted by molar-refractivity contribution is 0.0500. The Balaban J connectivity index is 1.99. The molecule has 0 spiro atoms. The summed E-state index contributed by atoms with van der Waals surface area (Å²) in [5.74, 6) is -1.52. The Morgan fingerprint density at radius 1 is 0.966 bits per heavy atom. The highest BCUT2D eigenvalue weighted by Gasteiger charge is 2.26. The van der Waals surface area contributed by atoms with Crippen LogP contribution in [-0.2, 0) is 9.47 Å². The summed E-state index contributed by atoms with van der Waals surface area (Å²) >= 11 is 0. The number of carbonyl (C=O) groups excluding carboxylic acids is 2. The number of carbonyl (C=O) groups is 2. The van der Waals surface area contributed by atoms with E-state index in [1.165, 1.54) is 38.5 Å². The van der Waals surface area contributed by atoms with Crippen molar-refractivity contribution in [2.45, 2.75) is 19.3 Å². The fraction of sp³-hybridized carbons (Fsp3) is 0.364. The van der Waals surface area contributed by atoms with Gasteiger partial charge in [0.2, 0.25) is 0 Å². The van der Waals surface area contributed by atoms with Crippen LogP contribution in [0.3, 0.4) is 0 Å². The van der Waals surface area contributed by atoms with Gasteiger partial charge in [0.05, 0.1) is 18.4 Å². The molecule has 0 unspecified atom stereocenters. The lowest BCUT2D eigenvalue weighted by Crippen LogP contribution is -2.30. The Bertz CT molecular complexity index is 876. The number of halogens is 1. The second-order valence-corrected chi connectivity index (χ2v) is 6.77. The fourth-order valence-electron chi connectivity index (χ4n) is 3.40. The molecule has 0 amide bonds. The van der Waals surface area contributed by atoms with E-state index in [4.69, 9.17) is 9.47 Å². The zero-order chi connectivity index (χ0) is 20.8. The number of ether oxygens (including phenoxy) is 3. The molecule has 0 atom stereocenters. The number of ketones is 1. The minimum atomic E-state index is -0.609. The number of rotatable bonds is 7. The van der Waals surface area contributed by atoms with Gasteiger partial charge in [-0.15, -0.1) is 0 Å². The summed E-state index contributed by atoms with van der Waals surface area (Å²) in [7, 11) is 2.73. The number of anilines is 1. The minimum absolute atomic E-state index is 0.107. The van der Waals surface area contributed by atoms with Gasteiger partial charge in [-0.25, -0.2) is 9.18 Å². The zero-order valence-corrected chi connectivity index (χ0v) is 16.6. The summed E-state index contributed by atoms with van der Waals surface area (Å²) in [6.07, 6.45) is 3.09. The summed E-state index contributed by atoms with van der Waals surface area (Å²) in [6, 6.07) is 9.14. The van der Waals surface area contributed by atoms with Gasteiger partial charge in [-0.1, -0.05) is 12.1 Å². The maximum atomic E-state index is 15.5. The molecule has 0 N–H and O–H groups in total. The molecule has 0 radical (unpaired) electrons. The second kappa shape index (κ2) is 9.52. The molecule has 3 rings (SSSR count). The van der Waals surface area contributed by atoms with E-state index in [0.717, 1.165) is 32.4 Å². The molecule has 1 fully saturated rings. The van der Waals surface area contributed by atoms with Gasteiger partial charge in [0, 0.05) is 25.8 Å². The van der Waals surface area contributed by atoms with Crippen LogP contribution in [0.1, 0.15) is 45.5 Å². The van der Waals surface area contributed by atoms with Gasteiger partial charge in [-0.3, -0.25) is 4.79 Å². The normalized spacial score (nSPS) is 13.8. The third kappa shape index (κ3) is 4.56. The zero-order valence-electron chi connectivity index (χ0n) is 16.6. The van der Waals surface area contributed by atoms with Crippen molar-refractivity contribution >= 4 is 17.4 Å². The standard InChI is InChI=1S/C22H24FNO5/c1-27-14-29-18-11-10-17(24-12-4-3-5-13-24)20(23)19(18)21(25)15-6-8-16(9-7-15)22(26)28-2/h6-11H,3-5,12-14H2,1-2H3. The van der Waals surface area contributed by atoms with E-state index in [1.807, 2.05) is 4.90 Å². The van der Waals surface area contributed by atoms with Crippen molar-refractivity contribution in [2.24, 2.45) is 0 Å². The minimum Gasteiger partial charge on any atom is -0.467 e. The SMILES string of the molecule is COCOc1ccc(N2CCCCC2)c(F)c1C(=O)c1ccc(C(=O)OC)cc1. The number of benzene rings is 2. The average Bonchev–Trinajstić information content (AvgIpc) is 2.77. The number of hydrogen-bond donors (Lipinski definition) is 0. The molecule has 2 aromatic rings. The van der Waals surface area contributed by atoms with Crippen molar-refractivity contribution in [1.82, 2.24) is 0 Å². The van der Waals surface area contributed by atoms with Crippen molar-refractivity contribution in [2.75, 3.05) is 39.0 Å². The molecule has 2 aromatic carbocycles. The summed E-state index contributed by atoms with van der Waals surface area (Å²) in [4.78, 5) is 26.7. The van der Waals surface area contributed by atoms with Crippen LogP contribution in [0.15, 0.2) is 36.4 Å². The van der Waals surface area contributed by atoms with Gasteiger partial charge in [0.1, 0.15) is 11.3 Å². The smallest absolute Gasteiger partial charge is 0.337 e. The van der Waals surface area contributed by atoms with Gasteiger partial charge in [-0.2, -0.15) is 0 Å². The van der Waals surface area contributed by atoms with E-state index in [9.17, 15) is 9.59 Å². The highest BCUT2D eigenvalue weighted by atomic mass is 19.1. The van der Waals surface area contributed by atoms with E-state index in [1.54, 1.807) is 12.1 Å². The summed E-state index contributed by atoms with van der Waals surface area (Å²) < 4.78 is 30.5.